The number of rotatable bonds is 2. The summed E-state index contributed by atoms with van der Waals surface area (Å²) in [7, 11) is 0. The average molecular weight is 228 g/mol. The third-order valence-electron chi connectivity index (χ3n) is 2.53. The first-order chi connectivity index (χ1) is 6.77. The van der Waals surface area contributed by atoms with Crippen LogP contribution in [0.25, 0.3) is 0 Å². The standard InChI is InChI=1S/C11H13NO2.ClH/c13-11(14)8-12-7-3-5-9-4-1-2-6-10(9)12;/h1-2,4,6H,3,5,7-8H2,(H,13,14);1H. The SMILES string of the molecule is Cl.O=C(O)CN1CCCc2ccccc21. The first-order valence-electron chi connectivity index (χ1n) is 4.82. The van der Waals surface area contributed by atoms with Gasteiger partial charge in [-0.15, -0.1) is 12.4 Å². The topological polar surface area (TPSA) is 40.5 Å². The first kappa shape index (κ1) is 11.9. The van der Waals surface area contributed by atoms with Crippen LogP contribution < -0.4 is 4.90 Å². The van der Waals surface area contributed by atoms with E-state index in [0.717, 1.165) is 25.1 Å². The Bertz CT molecular complexity index is 354. The smallest absolute Gasteiger partial charge is 0.323 e. The lowest BCUT2D eigenvalue weighted by Gasteiger charge is -2.29. The number of aryl methyl sites for hydroxylation is 1. The highest BCUT2D eigenvalue weighted by Gasteiger charge is 2.17. The van der Waals surface area contributed by atoms with E-state index in [1.807, 2.05) is 23.1 Å². The fourth-order valence-corrected chi connectivity index (χ4v) is 1.94. The van der Waals surface area contributed by atoms with Gasteiger partial charge >= 0.3 is 5.97 Å². The normalized spacial score (nSPS) is 14.0. The van der Waals surface area contributed by atoms with Gasteiger partial charge in [-0.2, -0.15) is 0 Å². The molecule has 1 aromatic rings. The van der Waals surface area contributed by atoms with Crippen LogP contribution in [0, 0.1) is 0 Å². The van der Waals surface area contributed by atoms with Crippen molar-refractivity contribution in [1.82, 2.24) is 0 Å². The van der Waals surface area contributed by atoms with Crippen LogP contribution in [0.15, 0.2) is 24.3 Å². The van der Waals surface area contributed by atoms with E-state index >= 15 is 0 Å². The van der Waals surface area contributed by atoms with Crippen molar-refractivity contribution < 1.29 is 9.90 Å². The van der Waals surface area contributed by atoms with E-state index in [1.54, 1.807) is 0 Å². The van der Waals surface area contributed by atoms with Crippen molar-refractivity contribution in [1.29, 1.82) is 0 Å². The van der Waals surface area contributed by atoms with Crippen molar-refractivity contribution in [2.45, 2.75) is 12.8 Å². The molecule has 0 aliphatic carbocycles. The number of carboxylic acids is 1. The van der Waals surface area contributed by atoms with E-state index in [-0.39, 0.29) is 19.0 Å². The van der Waals surface area contributed by atoms with E-state index < -0.39 is 5.97 Å². The Kier molecular flexibility index (Phi) is 3.97. The number of fused-ring (bicyclic) bond motifs is 1. The third kappa shape index (κ3) is 2.63. The Hall–Kier alpha value is -1.22. The molecule has 1 aliphatic rings. The molecule has 1 heterocycles. The number of hydrogen-bond donors (Lipinski definition) is 1. The molecule has 0 amide bonds. The van der Waals surface area contributed by atoms with Gasteiger partial charge in [-0.25, -0.2) is 0 Å². The van der Waals surface area contributed by atoms with Gasteiger partial charge in [-0.1, -0.05) is 18.2 Å². The maximum Gasteiger partial charge on any atom is 0.323 e. The van der Waals surface area contributed by atoms with Gasteiger partial charge in [0.05, 0.1) is 0 Å². The molecule has 0 aromatic heterocycles. The fourth-order valence-electron chi connectivity index (χ4n) is 1.94. The summed E-state index contributed by atoms with van der Waals surface area (Å²) in [6.07, 6.45) is 2.11. The molecule has 1 N–H and O–H groups in total. The molecule has 4 heteroatoms. The second kappa shape index (κ2) is 5.03. The van der Waals surface area contributed by atoms with Gasteiger partial charge in [0.15, 0.2) is 0 Å². The number of hydrogen-bond acceptors (Lipinski definition) is 2. The van der Waals surface area contributed by atoms with Crippen molar-refractivity contribution in [2.75, 3.05) is 18.0 Å². The summed E-state index contributed by atoms with van der Waals surface area (Å²) in [6, 6.07) is 8.03. The minimum Gasteiger partial charge on any atom is -0.480 e. The van der Waals surface area contributed by atoms with E-state index in [0.29, 0.717) is 0 Å². The Morgan fingerprint density at radius 3 is 2.87 bits per heavy atom. The Morgan fingerprint density at radius 2 is 2.13 bits per heavy atom. The third-order valence-corrected chi connectivity index (χ3v) is 2.53. The van der Waals surface area contributed by atoms with Gasteiger partial charge in [-0.3, -0.25) is 4.79 Å². The van der Waals surface area contributed by atoms with Crippen molar-refractivity contribution in [3.63, 3.8) is 0 Å². The lowest BCUT2D eigenvalue weighted by molar-refractivity contribution is -0.135. The molecule has 15 heavy (non-hydrogen) atoms. The largest absolute Gasteiger partial charge is 0.480 e. The predicted octanol–water partition coefficient (Wildman–Crippen LogP) is 1.95. The summed E-state index contributed by atoms with van der Waals surface area (Å²) in [5.41, 5.74) is 2.35. The maximum atomic E-state index is 10.6. The summed E-state index contributed by atoms with van der Waals surface area (Å²) in [5, 5.41) is 8.75. The van der Waals surface area contributed by atoms with Crippen LogP contribution in [-0.2, 0) is 11.2 Å². The Balaban J connectivity index is 0.00000112. The summed E-state index contributed by atoms with van der Waals surface area (Å²) >= 11 is 0. The van der Waals surface area contributed by atoms with Gasteiger partial charge in [0.2, 0.25) is 0 Å². The number of carbonyl (C=O) groups is 1. The van der Waals surface area contributed by atoms with Crippen LogP contribution in [-0.4, -0.2) is 24.2 Å². The van der Waals surface area contributed by atoms with Crippen molar-refractivity contribution in [2.24, 2.45) is 0 Å². The van der Waals surface area contributed by atoms with Crippen molar-refractivity contribution in [3.8, 4) is 0 Å². The van der Waals surface area contributed by atoms with Crippen molar-refractivity contribution in [3.05, 3.63) is 29.8 Å². The number of benzene rings is 1. The van der Waals surface area contributed by atoms with Crippen LogP contribution in [0.4, 0.5) is 5.69 Å². The molecular weight excluding hydrogens is 214 g/mol. The van der Waals surface area contributed by atoms with Gasteiger partial charge in [-0.05, 0) is 24.5 Å². The van der Waals surface area contributed by atoms with Gasteiger partial charge in [0, 0.05) is 12.2 Å². The number of carboxylic acid groups (broad SMARTS) is 1. The quantitative estimate of drug-likeness (QED) is 0.840. The number of nitrogens with zero attached hydrogens (tertiary/aromatic N) is 1. The molecule has 0 saturated heterocycles. The minimum atomic E-state index is -0.762. The average Bonchev–Trinajstić information content (AvgIpc) is 2.18. The van der Waals surface area contributed by atoms with E-state index in [4.69, 9.17) is 5.11 Å². The Morgan fingerprint density at radius 1 is 1.40 bits per heavy atom. The number of anilines is 1. The Labute approximate surface area is 95.1 Å². The highest BCUT2D eigenvalue weighted by atomic mass is 35.5. The molecule has 0 fully saturated rings. The summed E-state index contributed by atoms with van der Waals surface area (Å²) < 4.78 is 0. The summed E-state index contributed by atoms with van der Waals surface area (Å²) in [5.74, 6) is -0.762. The van der Waals surface area contributed by atoms with Crippen LogP contribution >= 0.6 is 12.4 Å². The molecule has 0 radical (unpaired) electrons. The van der Waals surface area contributed by atoms with E-state index in [2.05, 4.69) is 6.07 Å². The predicted molar refractivity (Wildman–Crippen MR) is 61.9 cm³/mol. The monoisotopic (exact) mass is 227 g/mol. The van der Waals surface area contributed by atoms with Crippen LogP contribution in [0.2, 0.25) is 0 Å². The van der Waals surface area contributed by atoms with Gasteiger partial charge in [0.1, 0.15) is 6.54 Å². The second-order valence-corrected chi connectivity index (χ2v) is 3.55. The molecule has 3 nitrogen and oxygen atoms in total. The van der Waals surface area contributed by atoms with Gasteiger partial charge in [0.25, 0.3) is 0 Å². The van der Waals surface area contributed by atoms with Crippen LogP contribution in [0.3, 0.4) is 0 Å². The number of halogens is 1. The highest BCUT2D eigenvalue weighted by Crippen LogP contribution is 2.25. The summed E-state index contributed by atoms with van der Waals surface area (Å²) in [4.78, 5) is 12.6. The first-order valence-corrected chi connectivity index (χ1v) is 4.82. The van der Waals surface area contributed by atoms with Crippen LogP contribution in [0.5, 0.6) is 0 Å². The second-order valence-electron chi connectivity index (χ2n) is 3.55. The summed E-state index contributed by atoms with van der Waals surface area (Å²) in [6.45, 7) is 0.959. The highest BCUT2D eigenvalue weighted by molar-refractivity contribution is 5.85. The molecular formula is C11H14ClNO2. The zero-order valence-corrected chi connectivity index (χ0v) is 9.17. The number of aliphatic carboxylic acids is 1. The maximum absolute atomic E-state index is 10.6. The zero-order chi connectivity index (χ0) is 9.97. The molecule has 0 unspecified atom stereocenters. The molecule has 0 atom stereocenters. The fraction of sp³-hybridized carbons (Fsp3) is 0.364. The molecule has 82 valence electrons. The molecule has 1 aromatic carbocycles. The molecule has 0 saturated carbocycles. The van der Waals surface area contributed by atoms with Crippen LogP contribution in [0.1, 0.15) is 12.0 Å². The number of para-hydroxylation sites is 1. The molecule has 0 bridgehead atoms. The zero-order valence-electron chi connectivity index (χ0n) is 8.35. The minimum absolute atomic E-state index is 0. The van der Waals surface area contributed by atoms with E-state index in [9.17, 15) is 4.79 Å². The van der Waals surface area contributed by atoms with E-state index in [1.165, 1.54) is 5.56 Å². The molecule has 0 spiro atoms. The molecule has 2 rings (SSSR count). The lowest BCUT2D eigenvalue weighted by atomic mass is 10.0. The van der Waals surface area contributed by atoms with Gasteiger partial charge < -0.3 is 10.0 Å². The lowest BCUT2D eigenvalue weighted by Crippen LogP contribution is -2.34. The van der Waals surface area contributed by atoms with Crippen molar-refractivity contribution >= 4 is 24.1 Å². The molecule has 1 aliphatic heterocycles.